The van der Waals surface area contributed by atoms with Gasteiger partial charge in [-0.1, -0.05) is 13.8 Å². The number of hydrogen-bond donors (Lipinski definition) is 2. The number of alkyl halides is 3. The minimum atomic E-state index is -4.52. The van der Waals surface area contributed by atoms with Crippen LogP contribution < -0.4 is 11.1 Å². The van der Waals surface area contributed by atoms with Gasteiger partial charge in [-0.25, -0.2) is 4.68 Å². The maximum atomic E-state index is 13.7. The van der Waals surface area contributed by atoms with Crippen molar-refractivity contribution in [2.75, 3.05) is 18.5 Å². The minimum absolute atomic E-state index is 0.00885. The Hall–Kier alpha value is -2.55. The van der Waals surface area contributed by atoms with Gasteiger partial charge in [-0.15, -0.1) is 0 Å². The molecule has 4 rings (SSSR count). The van der Waals surface area contributed by atoms with E-state index in [1.165, 1.54) is 10.7 Å². The van der Waals surface area contributed by atoms with Gasteiger partial charge >= 0.3 is 6.18 Å². The SMILES string of the molecule is CC1(C)CCc2c(C(F)(F)F)nn(-c3ccc(C(N)=O)c(N[C@H]4CCOC4)c3)c2C1. The van der Waals surface area contributed by atoms with E-state index < -0.39 is 17.8 Å². The number of nitrogens with two attached hydrogens (primary N) is 1. The van der Waals surface area contributed by atoms with Crippen molar-refractivity contribution >= 4 is 11.6 Å². The first-order valence-electron chi connectivity index (χ1n) is 10.0. The van der Waals surface area contributed by atoms with E-state index in [0.717, 1.165) is 6.42 Å². The highest BCUT2D eigenvalue weighted by Crippen LogP contribution is 2.42. The highest BCUT2D eigenvalue weighted by molar-refractivity contribution is 5.99. The van der Waals surface area contributed by atoms with Crippen LogP contribution >= 0.6 is 0 Å². The molecule has 0 radical (unpaired) electrons. The van der Waals surface area contributed by atoms with Gasteiger partial charge in [0, 0.05) is 23.6 Å². The average molecular weight is 422 g/mol. The fourth-order valence-electron chi connectivity index (χ4n) is 4.24. The van der Waals surface area contributed by atoms with Crippen molar-refractivity contribution in [3.63, 3.8) is 0 Å². The third-order valence-corrected chi connectivity index (χ3v) is 5.86. The molecule has 162 valence electrons. The van der Waals surface area contributed by atoms with E-state index in [1.54, 1.807) is 12.1 Å². The summed E-state index contributed by atoms with van der Waals surface area (Å²) in [4.78, 5) is 11.9. The van der Waals surface area contributed by atoms with Crippen molar-refractivity contribution in [1.82, 2.24) is 9.78 Å². The number of ether oxygens (including phenoxy) is 1. The molecule has 0 spiro atoms. The van der Waals surface area contributed by atoms with Crippen molar-refractivity contribution in [2.45, 2.75) is 51.7 Å². The molecular weight excluding hydrogens is 397 g/mol. The van der Waals surface area contributed by atoms with Crippen molar-refractivity contribution < 1.29 is 22.7 Å². The second-order valence-electron chi connectivity index (χ2n) is 8.82. The smallest absolute Gasteiger partial charge is 0.379 e. The highest BCUT2D eigenvalue weighted by Gasteiger charge is 2.42. The van der Waals surface area contributed by atoms with Crippen molar-refractivity contribution in [3.05, 3.63) is 40.7 Å². The minimum Gasteiger partial charge on any atom is -0.379 e. The molecule has 0 bridgehead atoms. The summed E-state index contributed by atoms with van der Waals surface area (Å²) < 4.78 is 47.7. The van der Waals surface area contributed by atoms with Crippen LogP contribution in [0.2, 0.25) is 0 Å². The Kier molecular flexibility index (Phi) is 5.04. The van der Waals surface area contributed by atoms with Crippen LogP contribution in [0.25, 0.3) is 5.69 Å². The van der Waals surface area contributed by atoms with Gasteiger partial charge in [0.05, 0.1) is 23.9 Å². The molecule has 1 amide bonds. The first-order valence-corrected chi connectivity index (χ1v) is 10.0. The zero-order chi connectivity index (χ0) is 21.7. The molecule has 3 N–H and O–H groups in total. The van der Waals surface area contributed by atoms with E-state index in [0.29, 0.717) is 49.5 Å². The third-order valence-electron chi connectivity index (χ3n) is 5.86. The Labute approximate surface area is 172 Å². The van der Waals surface area contributed by atoms with Gasteiger partial charge in [-0.3, -0.25) is 4.79 Å². The molecular formula is C21H25F3N4O2. The largest absolute Gasteiger partial charge is 0.435 e. The van der Waals surface area contributed by atoms with Crippen LogP contribution in [0.1, 0.15) is 54.0 Å². The second kappa shape index (κ2) is 7.30. The number of primary amides is 1. The molecule has 2 aliphatic rings. The van der Waals surface area contributed by atoms with Gasteiger partial charge in [-0.05, 0) is 49.3 Å². The van der Waals surface area contributed by atoms with Gasteiger partial charge in [0.15, 0.2) is 5.69 Å². The van der Waals surface area contributed by atoms with Crippen molar-refractivity contribution in [2.24, 2.45) is 11.1 Å². The molecule has 1 atom stereocenters. The number of carbonyl (C=O) groups is 1. The fourth-order valence-corrected chi connectivity index (χ4v) is 4.24. The molecule has 2 aromatic rings. The standard InChI is InChI=1S/C21H25F3N4O2/c1-20(2)7-5-15-17(10-20)28(27-18(15)21(22,23)24)13-3-4-14(19(25)29)16(9-13)26-12-6-8-30-11-12/h3-4,9,12,26H,5-8,10-11H2,1-2H3,(H2,25,29)/t12-/m0/s1. The van der Waals surface area contributed by atoms with Crippen LogP contribution in [-0.4, -0.2) is 34.9 Å². The molecule has 6 nitrogen and oxygen atoms in total. The van der Waals surface area contributed by atoms with Crippen LogP contribution in [0, 0.1) is 5.41 Å². The molecule has 1 aromatic heterocycles. The molecule has 1 aromatic carbocycles. The molecule has 2 heterocycles. The maximum absolute atomic E-state index is 13.7. The second-order valence-corrected chi connectivity index (χ2v) is 8.82. The third kappa shape index (κ3) is 3.90. The summed E-state index contributed by atoms with van der Waals surface area (Å²) in [6, 6.07) is 4.78. The lowest BCUT2D eigenvalue weighted by Crippen LogP contribution is -2.25. The van der Waals surface area contributed by atoms with E-state index in [2.05, 4.69) is 10.4 Å². The van der Waals surface area contributed by atoms with E-state index in [9.17, 15) is 18.0 Å². The number of hydrogen-bond acceptors (Lipinski definition) is 4. The lowest BCUT2D eigenvalue weighted by Gasteiger charge is -2.30. The Morgan fingerprint density at radius 2 is 2.13 bits per heavy atom. The number of fused-ring (bicyclic) bond motifs is 1. The first kappa shape index (κ1) is 20.7. The molecule has 1 saturated heterocycles. The van der Waals surface area contributed by atoms with E-state index in [1.807, 2.05) is 13.8 Å². The molecule has 0 saturated carbocycles. The first-order chi connectivity index (χ1) is 14.0. The van der Waals surface area contributed by atoms with E-state index >= 15 is 0 Å². The Morgan fingerprint density at radius 3 is 2.77 bits per heavy atom. The number of anilines is 1. The van der Waals surface area contributed by atoms with Gasteiger partial charge in [0.1, 0.15) is 0 Å². The Balaban J connectivity index is 1.82. The van der Waals surface area contributed by atoms with Crippen molar-refractivity contribution in [3.8, 4) is 5.69 Å². The number of rotatable bonds is 4. The Bertz CT molecular complexity index is 975. The number of nitrogens with zero attached hydrogens (tertiary/aromatic N) is 2. The van der Waals surface area contributed by atoms with Crippen LogP contribution in [0.5, 0.6) is 0 Å². The summed E-state index contributed by atoms with van der Waals surface area (Å²) in [7, 11) is 0. The average Bonchev–Trinajstić information content (AvgIpc) is 3.27. The summed E-state index contributed by atoms with van der Waals surface area (Å²) in [5.41, 5.74) is 6.61. The molecule has 30 heavy (non-hydrogen) atoms. The molecule has 9 heteroatoms. The fraction of sp³-hybridized carbons (Fsp3) is 0.524. The van der Waals surface area contributed by atoms with Gasteiger partial charge in [0.25, 0.3) is 5.91 Å². The summed E-state index contributed by atoms with van der Waals surface area (Å²) in [6.45, 7) is 5.19. The van der Waals surface area contributed by atoms with Gasteiger partial charge in [-0.2, -0.15) is 18.3 Å². The number of carbonyl (C=O) groups excluding carboxylic acids is 1. The van der Waals surface area contributed by atoms with Crippen LogP contribution in [0.15, 0.2) is 18.2 Å². The number of nitrogens with one attached hydrogen (secondary N) is 1. The summed E-state index contributed by atoms with van der Waals surface area (Å²) in [5.74, 6) is -0.609. The summed E-state index contributed by atoms with van der Waals surface area (Å²) in [5, 5.41) is 7.21. The Morgan fingerprint density at radius 1 is 1.37 bits per heavy atom. The monoisotopic (exact) mass is 422 g/mol. The number of aromatic nitrogens is 2. The topological polar surface area (TPSA) is 82.2 Å². The lowest BCUT2D eigenvalue weighted by atomic mass is 9.76. The zero-order valence-corrected chi connectivity index (χ0v) is 17.0. The quantitative estimate of drug-likeness (QED) is 0.787. The lowest BCUT2D eigenvalue weighted by molar-refractivity contribution is -0.142. The molecule has 1 aliphatic heterocycles. The van der Waals surface area contributed by atoms with E-state index in [4.69, 9.17) is 10.5 Å². The van der Waals surface area contributed by atoms with Crippen LogP contribution in [0.3, 0.4) is 0 Å². The highest BCUT2D eigenvalue weighted by atomic mass is 19.4. The van der Waals surface area contributed by atoms with Crippen LogP contribution in [-0.2, 0) is 23.8 Å². The number of benzene rings is 1. The number of halogens is 3. The maximum Gasteiger partial charge on any atom is 0.435 e. The molecule has 0 unspecified atom stereocenters. The normalized spacial score (nSPS) is 20.8. The summed E-state index contributed by atoms with van der Waals surface area (Å²) in [6.07, 6.45) is -2.26. The zero-order valence-electron chi connectivity index (χ0n) is 17.0. The van der Waals surface area contributed by atoms with E-state index in [-0.39, 0.29) is 22.6 Å². The molecule has 1 fully saturated rings. The van der Waals surface area contributed by atoms with Crippen molar-refractivity contribution in [1.29, 1.82) is 0 Å². The van der Waals surface area contributed by atoms with Gasteiger partial charge < -0.3 is 15.8 Å². The molecule has 1 aliphatic carbocycles. The van der Waals surface area contributed by atoms with Gasteiger partial charge in [0.2, 0.25) is 0 Å². The predicted molar refractivity (Wildman–Crippen MR) is 106 cm³/mol. The number of amides is 1. The van der Waals surface area contributed by atoms with Crippen LogP contribution in [0.4, 0.5) is 18.9 Å². The predicted octanol–water partition coefficient (Wildman–Crippen LogP) is 3.71. The summed E-state index contributed by atoms with van der Waals surface area (Å²) >= 11 is 0.